The van der Waals surface area contributed by atoms with Crippen molar-refractivity contribution in [3.05, 3.63) is 22.2 Å². The third kappa shape index (κ3) is 3.68. The quantitative estimate of drug-likeness (QED) is 0.627. The molecule has 1 aromatic rings. The molecule has 19 heavy (non-hydrogen) atoms. The maximum Gasteiger partial charge on any atom is 0.323 e. The highest BCUT2D eigenvalue weighted by Gasteiger charge is 2.24. The van der Waals surface area contributed by atoms with Gasteiger partial charge in [-0.05, 0) is 47.5 Å². The lowest BCUT2D eigenvalue weighted by Crippen LogP contribution is -2.39. The zero-order valence-electron chi connectivity index (χ0n) is 10.7. The molecule has 0 fully saturated rings. The number of aryl methyl sites for hydroxylation is 1. The minimum atomic E-state index is -3.84. The van der Waals surface area contributed by atoms with Crippen LogP contribution in [-0.4, -0.2) is 27.5 Å². The molecule has 0 saturated carbocycles. The van der Waals surface area contributed by atoms with Crippen LogP contribution in [-0.2, 0) is 19.6 Å². The number of carbonyl (C=O) groups excluding carboxylic acids is 1. The Morgan fingerprint density at radius 2 is 2.05 bits per heavy atom. The normalized spacial score (nSPS) is 13.1. The molecule has 1 aromatic carbocycles. The molecular formula is C11H15BrN2O4S. The van der Waals surface area contributed by atoms with Gasteiger partial charge in [-0.25, -0.2) is 8.42 Å². The van der Waals surface area contributed by atoms with Crippen molar-refractivity contribution in [1.82, 2.24) is 4.72 Å². The molecule has 0 aromatic heterocycles. The number of benzene rings is 1. The van der Waals surface area contributed by atoms with Gasteiger partial charge < -0.3 is 10.5 Å². The molecular weight excluding hydrogens is 336 g/mol. The van der Waals surface area contributed by atoms with E-state index in [1.54, 1.807) is 13.0 Å². The van der Waals surface area contributed by atoms with E-state index in [0.29, 0.717) is 15.7 Å². The molecule has 1 rings (SSSR count). The minimum absolute atomic E-state index is 0.0314. The zero-order chi connectivity index (χ0) is 14.8. The lowest BCUT2D eigenvalue weighted by Gasteiger charge is -2.14. The van der Waals surface area contributed by atoms with E-state index in [4.69, 9.17) is 5.73 Å². The van der Waals surface area contributed by atoms with Crippen LogP contribution in [0.2, 0.25) is 0 Å². The van der Waals surface area contributed by atoms with E-state index in [0.717, 1.165) is 0 Å². The van der Waals surface area contributed by atoms with Crippen molar-refractivity contribution in [3.63, 3.8) is 0 Å². The van der Waals surface area contributed by atoms with Crippen LogP contribution in [0.4, 0.5) is 5.69 Å². The Bertz CT molecular complexity index is 601. The van der Waals surface area contributed by atoms with Crippen molar-refractivity contribution in [1.29, 1.82) is 0 Å². The van der Waals surface area contributed by atoms with Gasteiger partial charge in [0, 0.05) is 10.2 Å². The van der Waals surface area contributed by atoms with E-state index in [-0.39, 0.29) is 4.90 Å². The number of nitrogen functional groups attached to an aromatic ring is 1. The van der Waals surface area contributed by atoms with Gasteiger partial charge in [0.15, 0.2) is 0 Å². The molecule has 0 aliphatic rings. The minimum Gasteiger partial charge on any atom is -0.468 e. The van der Waals surface area contributed by atoms with E-state index >= 15 is 0 Å². The van der Waals surface area contributed by atoms with Gasteiger partial charge in [0.1, 0.15) is 6.04 Å². The maximum atomic E-state index is 12.2. The second-order valence-electron chi connectivity index (χ2n) is 4.01. The van der Waals surface area contributed by atoms with Crippen LogP contribution < -0.4 is 10.5 Å². The number of esters is 1. The van der Waals surface area contributed by atoms with Crippen molar-refractivity contribution in [2.75, 3.05) is 12.8 Å². The molecule has 0 heterocycles. The van der Waals surface area contributed by atoms with Crippen molar-refractivity contribution >= 4 is 37.6 Å². The number of rotatable bonds is 4. The highest BCUT2D eigenvalue weighted by atomic mass is 79.9. The van der Waals surface area contributed by atoms with Gasteiger partial charge in [0.05, 0.1) is 12.0 Å². The standard InChI is InChI=1S/C11H15BrN2O4S/c1-6-4-8(12)9(13)5-10(6)19(16,17)14-7(2)11(15)18-3/h4-5,7,14H,13H2,1-3H3. The summed E-state index contributed by atoms with van der Waals surface area (Å²) >= 11 is 3.22. The fourth-order valence-corrected chi connectivity index (χ4v) is 3.39. The van der Waals surface area contributed by atoms with E-state index in [2.05, 4.69) is 25.4 Å². The maximum absolute atomic E-state index is 12.2. The highest BCUT2D eigenvalue weighted by molar-refractivity contribution is 9.10. The third-order valence-electron chi connectivity index (χ3n) is 2.47. The molecule has 6 nitrogen and oxygen atoms in total. The van der Waals surface area contributed by atoms with Gasteiger partial charge in [-0.1, -0.05) is 0 Å². The Kier molecular flexibility index (Phi) is 4.94. The first-order valence-electron chi connectivity index (χ1n) is 5.35. The number of methoxy groups -OCH3 is 1. The zero-order valence-corrected chi connectivity index (χ0v) is 13.1. The Labute approximate surface area is 120 Å². The molecule has 0 amide bonds. The molecule has 0 radical (unpaired) electrons. The topological polar surface area (TPSA) is 98.5 Å². The van der Waals surface area contributed by atoms with E-state index in [9.17, 15) is 13.2 Å². The van der Waals surface area contributed by atoms with E-state index < -0.39 is 22.0 Å². The molecule has 0 saturated heterocycles. The van der Waals surface area contributed by atoms with Crippen LogP contribution in [0.15, 0.2) is 21.5 Å². The summed E-state index contributed by atoms with van der Waals surface area (Å²) in [4.78, 5) is 11.3. The van der Waals surface area contributed by atoms with Crippen LogP contribution >= 0.6 is 15.9 Å². The molecule has 3 N–H and O–H groups in total. The van der Waals surface area contributed by atoms with Gasteiger partial charge in [-0.15, -0.1) is 0 Å². The monoisotopic (exact) mass is 350 g/mol. The Morgan fingerprint density at radius 1 is 1.47 bits per heavy atom. The molecule has 0 aliphatic carbocycles. The number of sulfonamides is 1. The largest absolute Gasteiger partial charge is 0.468 e. The molecule has 0 bridgehead atoms. The molecule has 1 atom stereocenters. The summed E-state index contributed by atoms with van der Waals surface area (Å²) in [5, 5.41) is 0. The van der Waals surface area contributed by atoms with Crippen LogP contribution in [0.25, 0.3) is 0 Å². The number of hydrogen-bond acceptors (Lipinski definition) is 5. The van der Waals surface area contributed by atoms with Crippen LogP contribution in [0.5, 0.6) is 0 Å². The first-order chi connectivity index (χ1) is 8.69. The van der Waals surface area contributed by atoms with Crippen LogP contribution in [0, 0.1) is 6.92 Å². The van der Waals surface area contributed by atoms with Crippen molar-refractivity contribution in [3.8, 4) is 0 Å². The number of nitrogens with two attached hydrogens (primary N) is 1. The lowest BCUT2D eigenvalue weighted by molar-refractivity contribution is -0.142. The van der Waals surface area contributed by atoms with Gasteiger partial charge in [-0.3, -0.25) is 4.79 Å². The Hall–Kier alpha value is -1.12. The van der Waals surface area contributed by atoms with Gasteiger partial charge in [-0.2, -0.15) is 4.72 Å². The molecule has 106 valence electrons. The summed E-state index contributed by atoms with van der Waals surface area (Å²) in [5.41, 5.74) is 6.49. The van der Waals surface area contributed by atoms with E-state index in [1.165, 1.54) is 20.1 Å². The number of ether oxygens (including phenoxy) is 1. The van der Waals surface area contributed by atoms with E-state index in [1.807, 2.05) is 0 Å². The van der Waals surface area contributed by atoms with Gasteiger partial charge in [0.2, 0.25) is 10.0 Å². The third-order valence-corrected chi connectivity index (χ3v) is 4.84. The Morgan fingerprint density at radius 3 is 2.58 bits per heavy atom. The number of nitrogens with one attached hydrogen (secondary N) is 1. The second-order valence-corrected chi connectivity index (χ2v) is 6.54. The molecule has 8 heteroatoms. The summed E-state index contributed by atoms with van der Waals surface area (Å²) in [6.07, 6.45) is 0. The number of anilines is 1. The molecule has 0 aliphatic heterocycles. The number of carbonyl (C=O) groups is 1. The van der Waals surface area contributed by atoms with Crippen molar-refractivity contribution < 1.29 is 17.9 Å². The Balaban J connectivity index is 3.14. The summed E-state index contributed by atoms with van der Waals surface area (Å²) in [5.74, 6) is -0.661. The first kappa shape index (κ1) is 15.9. The van der Waals surface area contributed by atoms with Crippen molar-refractivity contribution in [2.45, 2.75) is 24.8 Å². The predicted molar refractivity (Wildman–Crippen MR) is 75.1 cm³/mol. The summed E-state index contributed by atoms with van der Waals surface area (Å²) in [6.45, 7) is 3.04. The second kappa shape index (κ2) is 5.89. The van der Waals surface area contributed by atoms with Gasteiger partial charge in [0.25, 0.3) is 0 Å². The molecule has 0 spiro atoms. The summed E-state index contributed by atoms with van der Waals surface area (Å²) in [7, 11) is -2.65. The van der Waals surface area contributed by atoms with Crippen molar-refractivity contribution in [2.24, 2.45) is 0 Å². The van der Waals surface area contributed by atoms with Crippen LogP contribution in [0.1, 0.15) is 12.5 Å². The smallest absolute Gasteiger partial charge is 0.323 e. The molecule has 1 unspecified atom stereocenters. The predicted octanol–water partition coefficient (Wildman–Crippen LogP) is 1.18. The SMILES string of the molecule is COC(=O)C(C)NS(=O)(=O)c1cc(N)c(Br)cc1C. The van der Waals surface area contributed by atoms with Gasteiger partial charge >= 0.3 is 5.97 Å². The number of halogens is 1. The average Bonchev–Trinajstić information content (AvgIpc) is 2.31. The first-order valence-corrected chi connectivity index (χ1v) is 7.62. The fraction of sp³-hybridized carbons (Fsp3) is 0.364. The number of hydrogen-bond donors (Lipinski definition) is 2. The lowest BCUT2D eigenvalue weighted by atomic mass is 10.2. The summed E-state index contributed by atoms with van der Waals surface area (Å²) in [6, 6.07) is 1.97. The summed E-state index contributed by atoms with van der Waals surface area (Å²) < 4.78 is 31.6. The highest BCUT2D eigenvalue weighted by Crippen LogP contribution is 2.26. The average molecular weight is 351 g/mol. The fourth-order valence-electron chi connectivity index (χ4n) is 1.48. The van der Waals surface area contributed by atoms with Crippen LogP contribution in [0.3, 0.4) is 0 Å².